The molecule has 1 aliphatic heterocycles. The van der Waals surface area contributed by atoms with Crippen molar-refractivity contribution < 1.29 is 19.5 Å². The van der Waals surface area contributed by atoms with Gasteiger partial charge in [0, 0.05) is 6.54 Å². The molecule has 7 nitrogen and oxygen atoms in total. The van der Waals surface area contributed by atoms with Crippen LogP contribution in [0, 0.1) is 0 Å². The Labute approximate surface area is 123 Å². The molecule has 0 aromatic carbocycles. The Bertz CT molecular complexity index is 593. The largest absolute Gasteiger partial charge is 0.480 e. The van der Waals surface area contributed by atoms with Gasteiger partial charge in [-0.15, -0.1) is 0 Å². The first kappa shape index (κ1) is 14.5. The number of rotatable bonds is 2. The predicted molar refractivity (Wildman–Crippen MR) is 69.7 cm³/mol. The fraction of sp³-hybridized carbons (Fsp3) is 0.273. The van der Waals surface area contributed by atoms with E-state index in [0.29, 0.717) is 0 Å². The van der Waals surface area contributed by atoms with Gasteiger partial charge in [0.15, 0.2) is 0 Å². The predicted octanol–water partition coefficient (Wildman–Crippen LogP) is 0.414. The molecule has 1 atom stereocenters. The molecule has 106 valence electrons. The summed E-state index contributed by atoms with van der Waals surface area (Å²) >= 11 is 11.5. The molecule has 2 amide bonds. The maximum atomic E-state index is 12.3. The molecule has 0 radical (unpaired) electrons. The molecule has 2 heterocycles. The van der Waals surface area contributed by atoms with Crippen molar-refractivity contribution >= 4 is 41.0 Å². The number of aromatic nitrogens is 1. The minimum Gasteiger partial charge on any atom is -0.480 e. The Hall–Kier alpha value is -1.86. The van der Waals surface area contributed by atoms with Gasteiger partial charge in [-0.25, -0.2) is 9.78 Å². The highest BCUT2D eigenvalue weighted by Crippen LogP contribution is 2.20. The number of aliphatic carboxylic acids is 1. The van der Waals surface area contributed by atoms with E-state index < -0.39 is 23.8 Å². The van der Waals surface area contributed by atoms with Gasteiger partial charge in [0.2, 0.25) is 5.91 Å². The second-order valence-electron chi connectivity index (χ2n) is 4.06. The van der Waals surface area contributed by atoms with Crippen LogP contribution in [0.2, 0.25) is 10.2 Å². The van der Waals surface area contributed by atoms with E-state index in [4.69, 9.17) is 28.3 Å². The molecular formula is C11H9Cl2N3O4. The topological polar surface area (TPSA) is 99.6 Å². The number of amides is 2. The van der Waals surface area contributed by atoms with E-state index in [-0.39, 0.29) is 29.0 Å². The van der Waals surface area contributed by atoms with Gasteiger partial charge in [0.05, 0.1) is 5.02 Å². The number of carbonyl (C=O) groups is 3. The monoisotopic (exact) mass is 317 g/mol. The minimum atomic E-state index is -1.23. The number of nitrogens with zero attached hydrogens (tertiary/aromatic N) is 2. The van der Waals surface area contributed by atoms with Crippen LogP contribution in [0.5, 0.6) is 0 Å². The first-order valence-corrected chi connectivity index (χ1v) is 6.28. The van der Waals surface area contributed by atoms with Crippen LogP contribution in [0.1, 0.15) is 10.5 Å². The van der Waals surface area contributed by atoms with E-state index in [2.05, 4.69) is 10.3 Å². The summed E-state index contributed by atoms with van der Waals surface area (Å²) in [5.41, 5.74) is -0.180. The van der Waals surface area contributed by atoms with Crippen molar-refractivity contribution in [1.29, 1.82) is 0 Å². The number of hydrogen-bond acceptors (Lipinski definition) is 4. The Balaban J connectivity index is 2.36. The lowest BCUT2D eigenvalue weighted by Crippen LogP contribution is -2.59. The minimum absolute atomic E-state index is 0.0366. The van der Waals surface area contributed by atoms with E-state index in [9.17, 15) is 14.4 Å². The smallest absolute Gasteiger partial charge is 0.328 e. The van der Waals surface area contributed by atoms with Crippen molar-refractivity contribution in [3.8, 4) is 0 Å². The number of piperazine rings is 1. The number of pyridine rings is 1. The second-order valence-corrected chi connectivity index (χ2v) is 4.85. The van der Waals surface area contributed by atoms with Gasteiger partial charge in [-0.3, -0.25) is 9.59 Å². The van der Waals surface area contributed by atoms with Gasteiger partial charge < -0.3 is 15.3 Å². The molecule has 1 saturated heterocycles. The van der Waals surface area contributed by atoms with E-state index in [0.717, 1.165) is 4.90 Å². The second kappa shape index (κ2) is 5.64. The van der Waals surface area contributed by atoms with Gasteiger partial charge in [-0.2, -0.15) is 0 Å². The normalized spacial score (nSPS) is 18.6. The Morgan fingerprint density at radius 3 is 2.75 bits per heavy atom. The molecule has 9 heteroatoms. The van der Waals surface area contributed by atoms with Crippen LogP contribution in [-0.4, -0.2) is 51.9 Å². The molecular weight excluding hydrogens is 309 g/mol. The molecule has 0 spiro atoms. The van der Waals surface area contributed by atoms with Gasteiger partial charge in [0.1, 0.15) is 23.4 Å². The molecule has 1 aromatic heterocycles. The Morgan fingerprint density at radius 2 is 2.10 bits per heavy atom. The van der Waals surface area contributed by atoms with Crippen molar-refractivity contribution in [3.63, 3.8) is 0 Å². The SMILES string of the molecule is O=C1CN(C(=O)c2nc(Cl)ccc2Cl)C(C(=O)O)CN1. The maximum Gasteiger partial charge on any atom is 0.328 e. The Kier molecular flexibility index (Phi) is 4.10. The van der Waals surface area contributed by atoms with E-state index >= 15 is 0 Å². The van der Waals surface area contributed by atoms with Crippen LogP contribution in [0.3, 0.4) is 0 Å². The summed E-state index contributed by atoms with van der Waals surface area (Å²) < 4.78 is 0. The zero-order valence-electron chi connectivity index (χ0n) is 9.97. The fourth-order valence-corrected chi connectivity index (χ4v) is 2.11. The molecule has 0 aliphatic carbocycles. The third-order valence-corrected chi connectivity index (χ3v) is 3.26. The van der Waals surface area contributed by atoms with Crippen LogP contribution in [-0.2, 0) is 9.59 Å². The number of carboxylic acids is 1. The summed E-state index contributed by atoms with van der Waals surface area (Å²) in [6, 6.07) is 1.61. The highest BCUT2D eigenvalue weighted by atomic mass is 35.5. The first-order valence-electron chi connectivity index (χ1n) is 5.52. The first-order chi connectivity index (χ1) is 9.40. The fourth-order valence-electron chi connectivity index (χ4n) is 1.78. The van der Waals surface area contributed by atoms with Crippen LogP contribution in [0.4, 0.5) is 0 Å². The standard InChI is InChI=1S/C11H9Cl2N3O4/c12-5-1-2-7(13)15-9(5)10(18)16-4-8(17)14-3-6(16)11(19)20/h1-2,6H,3-4H2,(H,14,17)(H,19,20). The quantitative estimate of drug-likeness (QED) is 0.770. The summed E-state index contributed by atoms with van der Waals surface area (Å²) in [5.74, 6) is -2.43. The van der Waals surface area contributed by atoms with Crippen LogP contribution in [0.25, 0.3) is 0 Å². The summed E-state index contributed by atoms with van der Waals surface area (Å²) in [4.78, 5) is 39.5. The maximum absolute atomic E-state index is 12.3. The zero-order valence-corrected chi connectivity index (χ0v) is 11.5. The van der Waals surface area contributed by atoms with Crippen LogP contribution < -0.4 is 5.32 Å². The molecule has 1 aliphatic rings. The molecule has 20 heavy (non-hydrogen) atoms. The van der Waals surface area contributed by atoms with Gasteiger partial charge in [-0.05, 0) is 12.1 Å². The zero-order chi connectivity index (χ0) is 14.9. The number of carbonyl (C=O) groups excluding carboxylic acids is 2. The summed E-state index contributed by atoms with van der Waals surface area (Å²) in [5, 5.41) is 11.6. The molecule has 0 saturated carbocycles. The van der Waals surface area contributed by atoms with E-state index in [1.54, 1.807) is 0 Å². The van der Waals surface area contributed by atoms with E-state index in [1.807, 2.05) is 0 Å². The van der Waals surface area contributed by atoms with Gasteiger partial charge >= 0.3 is 5.97 Å². The number of carboxylic acid groups (broad SMARTS) is 1. The van der Waals surface area contributed by atoms with Crippen molar-refractivity contribution in [2.45, 2.75) is 6.04 Å². The molecule has 0 bridgehead atoms. The van der Waals surface area contributed by atoms with Crippen molar-refractivity contribution in [2.24, 2.45) is 0 Å². The van der Waals surface area contributed by atoms with Crippen molar-refractivity contribution in [1.82, 2.24) is 15.2 Å². The summed E-state index contributed by atoms with van der Waals surface area (Å²) in [6.07, 6.45) is 0. The third-order valence-electron chi connectivity index (χ3n) is 2.74. The number of halogens is 2. The van der Waals surface area contributed by atoms with Gasteiger partial charge in [0.25, 0.3) is 5.91 Å². The third kappa shape index (κ3) is 2.83. The van der Waals surface area contributed by atoms with E-state index in [1.165, 1.54) is 12.1 Å². The molecule has 2 rings (SSSR count). The number of nitrogens with one attached hydrogen (secondary N) is 1. The lowest BCUT2D eigenvalue weighted by atomic mass is 10.1. The lowest BCUT2D eigenvalue weighted by molar-refractivity contribution is -0.144. The van der Waals surface area contributed by atoms with Crippen LogP contribution in [0.15, 0.2) is 12.1 Å². The molecule has 1 fully saturated rings. The average molecular weight is 318 g/mol. The van der Waals surface area contributed by atoms with Gasteiger partial charge in [-0.1, -0.05) is 23.2 Å². The van der Waals surface area contributed by atoms with Crippen molar-refractivity contribution in [3.05, 3.63) is 28.0 Å². The summed E-state index contributed by atoms with van der Waals surface area (Å²) in [7, 11) is 0. The number of hydrogen-bond donors (Lipinski definition) is 2. The van der Waals surface area contributed by atoms with Crippen molar-refractivity contribution in [2.75, 3.05) is 13.1 Å². The highest BCUT2D eigenvalue weighted by molar-refractivity contribution is 6.34. The molecule has 1 aromatic rings. The molecule has 1 unspecified atom stereocenters. The lowest BCUT2D eigenvalue weighted by Gasteiger charge is -2.32. The molecule has 2 N–H and O–H groups in total. The summed E-state index contributed by atoms with van der Waals surface area (Å²) in [6.45, 7) is -0.543. The average Bonchev–Trinajstić information content (AvgIpc) is 2.40. The van der Waals surface area contributed by atoms with Crippen LogP contribution >= 0.6 is 23.2 Å². The Morgan fingerprint density at radius 1 is 1.40 bits per heavy atom. The highest BCUT2D eigenvalue weighted by Gasteiger charge is 2.36.